The molecule has 0 amide bonds. The van der Waals surface area contributed by atoms with Gasteiger partial charge in [0.15, 0.2) is 19.9 Å². The van der Waals surface area contributed by atoms with Crippen molar-refractivity contribution in [2.24, 2.45) is 17.8 Å². The van der Waals surface area contributed by atoms with E-state index in [1.807, 2.05) is 13.8 Å². The monoisotopic (exact) mass is 692 g/mol. The highest BCUT2D eigenvalue weighted by Crippen LogP contribution is 2.40. The van der Waals surface area contributed by atoms with Gasteiger partial charge >= 0.3 is 0 Å². The second-order valence-electron chi connectivity index (χ2n) is 16.3. The minimum absolute atomic E-state index is 0.00590. The molecule has 1 aliphatic heterocycles. The largest absolute Gasteiger partial charge is 0.414 e. The van der Waals surface area contributed by atoms with Gasteiger partial charge in [0.25, 0.3) is 8.32 Å². The summed E-state index contributed by atoms with van der Waals surface area (Å²) < 4.78 is 26.8. The van der Waals surface area contributed by atoms with Crippen molar-refractivity contribution in [1.29, 1.82) is 0 Å². The van der Waals surface area contributed by atoms with E-state index < -0.39 is 22.4 Å². The van der Waals surface area contributed by atoms with Crippen LogP contribution in [0.4, 0.5) is 0 Å². The van der Waals surface area contributed by atoms with Crippen LogP contribution >= 0.6 is 0 Å². The van der Waals surface area contributed by atoms with Crippen molar-refractivity contribution in [3.63, 3.8) is 0 Å². The average Bonchev–Trinajstić information content (AvgIpc) is 3.01. The Kier molecular flexibility index (Phi) is 13.0. The zero-order valence-corrected chi connectivity index (χ0v) is 32.9. The fourth-order valence-electron chi connectivity index (χ4n) is 7.99. The van der Waals surface area contributed by atoms with Gasteiger partial charge < -0.3 is 23.1 Å². The van der Waals surface area contributed by atoms with E-state index in [-0.39, 0.29) is 46.9 Å². The van der Waals surface area contributed by atoms with Crippen LogP contribution in [0.25, 0.3) is 0 Å². The van der Waals surface area contributed by atoms with Crippen LogP contribution in [-0.2, 0) is 27.9 Å². The lowest BCUT2D eigenvalue weighted by Gasteiger charge is -2.45. The van der Waals surface area contributed by atoms with E-state index in [2.05, 4.69) is 114 Å². The summed E-state index contributed by atoms with van der Waals surface area (Å²) in [5.41, 5.74) is 0. The average molecular weight is 693 g/mol. The molecule has 4 rings (SSSR count). The van der Waals surface area contributed by atoms with Crippen LogP contribution in [0.3, 0.4) is 0 Å². The molecule has 1 fully saturated rings. The number of carbonyl (C=O) groups is 2. The van der Waals surface area contributed by atoms with Crippen molar-refractivity contribution >= 4 is 39.1 Å². The maximum Gasteiger partial charge on any atom is 0.261 e. The van der Waals surface area contributed by atoms with Crippen LogP contribution in [0.1, 0.15) is 80.1 Å². The van der Waals surface area contributed by atoms with E-state index in [1.54, 1.807) is 6.08 Å². The van der Waals surface area contributed by atoms with Crippen LogP contribution in [-0.4, -0.2) is 59.4 Å². The summed E-state index contributed by atoms with van der Waals surface area (Å²) in [5.74, 6) is -0.479. The van der Waals surface area contributed by atoms with Gasteiger partial charge in [0.1, 0.15) is 6.29 Å². The molecule has 2 aliphatic rings. The standard InChI is InChI=1S/C40H60O6Si2/c1-30-22-25-36(42)38(37(21-16-27-41)46-47(7,8)9)35(30)24-23-31-29-32(45-40(5,6)44-31)26-28-43-48(39(2,3)4,33-17-12-10-13-18-33)34-19-14-11-15-20-34/h10-15,17-20,22,25,27,30-32,35,37-38H,16,21,23-24,26,28-29H2,1-9H3/t30-,31+,32-,35-,37-,38+/m0/s1. The third-order valence-corrected chi connectivity index (χ3v) is 16.0. The minimum Gasteiger partial charge on any atom is -0.414 e. The number of carbonyl (C=O) groups excluding carboxylic acids is 2. The fourth-order valence-corrected chi connectivity index (χ4v) is 13.7. The summed E-state index contributed by atoms with van der Waals surface area (Å²) >= 11 is 0. The molecule has 6 nitrogen and oxygen atoms in total. The van der Waals surface area contributed by atoms with Gasteiger partial charge in [-0.15, -0.1) is 0 Å². The van der Waals surface area contributed by atoms with E-state index in [1.165, 1.54) is 10.4 Å². The predicted octanol–water partition coefficient (Wildman–Crippen LogP) is 7.85. The molecule has 6 atom stereocenters. The first kappa shape index (κ1) is 38.6. The Hall–Kier alpha value is -2.21. The Labute approximate surface area is 292 Å². The molecular weight excluding hydrogens is 633 g/mol. The maximum absolute atomic E-state index is 13.4. The molecule has 0 bridgehead atoms. The zero-order valence-electron chi connectivity index (χ0n) is 30.9. The third kappa shape index (κ3) is 9.73. The first-order chi connectivity index (χ1) is 22.6. The highest BCUT2D eigenvalue weighted by molar-refractivity contribution is 6.99. The van der Waals surface area contributed by atoms with Gasteiger partial charge in [-0.05, 0) is 92.5 Å². The summed E-state index contributed by atoms with van der Waals surface area (Å²) in [4.78, 5) is 24.8. The number of hydrogen-bond acceptors (Lipinski definition) is 6. The van der Waals surface area contributed by atoms with Crippen LogP contribution in [0.2, 0.25) is 24.7 Å². The Morgan fingerprint density at radius 3 is 2.00 bits per heavy atom. The summed E-state index contributed by atoms with van der Waals surface area (Å²) in [7, 11) is -4.58. The first-order valence-corrected chi connectivity index (χ1v) is 23.3. The Morgan fingerprint density at radius 2 is 1.48 bits per heavy atom. The third-order valence-electron chi connectivity index (χ3n) is 9.93. The molecule has 1 aliphatic carbocycles. The molecule has 0 saturated carbocycles. The molecule has 0 aromatic heterocycles. The van der Waals surface area contributed by atoms with E-state index in [0.29, 0.717) is 19.4 Å². The molecule has 8 heteroatoms. The van der Waals surface area contributed by atoms with Crippen molar-refractivity contribution in [3.8, 4) is 0 Å². The second-order valence-corrected chi connectivity index (χ2v) is 25.1. The second kappa shape index (κ2) is 16.2. The summed E-state index contributed by atoms with van der Waals surface area (Å²) in [6, 6.07) is 21.5. The minimum atomic E-state index is -2.64. The number of rotatable bonds is 15. The molecule has 0 unspecified atom stereocenters. The summed E-state index contributed by atoms with van der Waals surface area (Å²) in [5, 5.41) is 2.47. The van der Waals surface area contributed by atoms with Crippen molar-refractivity contribution in [3.05, 3.63) is 72.8 Å². The van der Waals surface area contributed by atoms with E-state index in [9.17, 15) is 9.59 Å². The van der Waals surface area contributed by atoms with Gasteiger partial charge in [0.2, 0.25) is 0 Å². The summed E-state index contributed by atoms with van der Waals surface area (Å²) in [6.07, 6.45) is 8.70. The topological polar surface area (TPSA) is 71.1 Å². The van der Waals surface area contributed by atoms with Gasteiger partial charge in [0.05, 0.1) is 24.2 Å². The van der Waals surface area contributed by atoms with Crippen molar-refractivity contribution < 1.29 is 27.9 Å². The lowest BCUT2D eigenvalue weighted by Crippen LogP contribution is -2.66. The van der Waals surface area contributed by atoms with Crippen molar-refractivity contribution in [1.82, 2.24) is 0 Å². The van der Waals surface area contributed by atoms with Crippen molar-refractivity contribution in [2.75, 3.05) is 6.61 Å². The first-order valence-electron chi connectivity index (χ1n) is 18.0. The van der Waals surface area contributed by atoms with Gasteiger partial charge in [-0.2, -0.15) is 0 Å². The lowest BCUT2D eigenvalue weighted by molar-refractivity contribution is -0.302. The Morgan fingerprint density at radius 1 is 0.917 bits per heavy atom. The van der Waals surface area contributed by atoms with Gasteiger partial charge in [-0.25, -0.2) is 0 Å². The molecular formula is C40H60O6Si2. The normalized spacial score (nSPS) is 25.5. The smallest absolute Gasteiger partial charge is 0.261 e. The molecule has 264 valence electrons. The van der Waals surface area contributed by atoms with Crippen LogP contribution in [0, 0.1) is 17.8 Å². The number of hydrogen-bond donors (Lipinski definition) is 0. The molecule has 1 heterocycles. The van der Waals surface area contributed by atoms with Crippen LogP contribution in [0.15, 0.2) is 72.8 Å². The Balaban J connectivity index is 1.49. The molecule has 2 aromatic carbocycles. The summed E-state index contributed by atoms with van der Waals surface area (Å²) in [6.45, 7) is 20.2. The number of allylic oxidation sites excluding steroid dienone is 2. The molecule has 0 spiro atoms. The van der Waals surface area contributed by atoms with E-state index in [4.69, 9.17) is 18.3 Å². The number of ether oxygens (including phenoxy) is 2. The van der Waals surface area contributed by atoms with E-state index >= 15 is 0 Å². The number of benzene rings is 2. The SMILES string of the molecule is C[C@H]1C=CC(=O)[C@H]([C@H](CCC=O)O[Si](C)(C)C)[C@H]1CC[C@@H]1C[C@H](CCO[Si](c2ccccc2)(c2ccccc2)C(C)(C)C)OC(C)(C)O1. The van der Waals surface area contributed by atoms with Crippen molar-refractivity contribution in [2.45, 2.75) is 129 Å². The highest BCUT2D eigenvalue weighted by Gasteiger charge is 2.50. The van der Waals surface area contributed by atoms with Gasteiger partial charge in [-0.3, -0.25) is 4.79 Å². The molecule has 2 aromatic rings. The maximum atomic E-state index is 13.4. The van der Waals surface area contributed by atoms with E-state index in [0.717, 1.165) is 32.0 Å². The van der Waals surface area contributed by atoms with Crippen LogP contribution < -0.4 is 10.4 Å². The zero-order chi connectivity index (χ0) is 35.2. The molecule has 1 saturated heterocycles. The lowest BCUT2D eigenvalue weighted by atomic mass is 9.70. The number of aldehydes is 1. The van der Waals surface area contributed by atoms with Gasteiger partial charge in [-0.1, -0.05) is 94.4 Å². The molecule has 0 radical (unpaired) electrons. The Bertz CT molecular complexity index is 1310. The quantitative estimate of drug-likeness (QED) is 0.140. The van der Waals surface area contributed by atoms with Crippen LogP contribution in [0.5, 0.6) is 0 Å². The molecule has 48 heavy (non-hydrogen) atoms. The molecule has 0 N–H and O–H groups in total. The van der Waals surface area contributed by atoms with Gasteiger partial charge in [0, 0.05) is 19.4 Å². The predicted molar refractivity (Wildman–Crippen MR) is 200 cm³/mol. The fraction of sp³-hybridized carbons (Fsp3) is 0.600. The number of ketones is 1. The highest BCUT2D eigenvalue weighted by atomic mass is 28.4.